The van der Waals surface area contributed by atoms with E-state index >= 15 is 0 Å². The quantitative estimate of drug-likeness (QED) is 0.430. The number of non-ortho nitro benzene ring substituents is 1. The van der Waals surface area contributed by atoms with E-state index in [1.54, 1.807) is 0 Å². The summed E-state index contributed by atoms with van der Waals surface area (Å²) >= 11 is 0. The summed E-state index contributed by atoms with van der Waals surface area (Å²) in [7, 11) is 0. The number of rotatable bonds is 8. The molecule has 6 heteroatoms. The summed E-state index contributed by atoms with van der Waals surface area (Å²) in [5.41, 5.74) is 0.139. The van der Waals surface area contributed by atoms with E-state index in [1.807, 2.05) is 6.92 Å². The third kappa shape index (κ3) is 4.53. The first-order valence-electron chi connectivity index (χ1n) is 6.74. The normalized spacial score (nSPS) is 11.9. The van der Waals surface area contributed by atoms with Gasteiger partial charge in [-0.3, -0.25) is 10.1 Å². The van der Waals surface area contributed by atoms with E-state index in [4.69, 9.17) is 5.11 Å². The number of nitro benzene ring substituents is 1. The van der Waals surface area contributed by atoms with E-state index in [0.29, 0.717) is 5.69 Å². The van der Waals surface area contributed by atoms with Crippen molar-refractivity contribution in [1.29, 1.82) is 0 Å². The first-order valence-corrected chi connectivity index (χ1v) is 6.74. The van der Waals surface area contributed by atoms with Crippen molar-refractivity contribution in [3.63, 3.8) is 0 Å². The molecule has 1 aromatic rings. The van der Waals surface area contributed by atoms with Crippen LogP contribution in [0, 0.1) is 10.1 Å². The van der Waals surface area contributed by atoms with Gasteiger partial charge in [0.2, 0.25) is 0 Å². The van der Waals surface area contributed by atoms with Crippen LogP contribution in [0.5, 0.6) is 0 Å². The topological polar surface area (TPSA) is 92.5 Å². The van der Waals surface area contributed by atoms with Crippen molar-refractivity contribution in [2.45, 2.75) is 45.6 Å². The minimum Gasteiger partial charge on any atom is -0.478 e. The lowest BCUT2D eigenvalue weighted by molar-refractivity contribution is -0.384. The summed E-state index contributed by atoms with van der Waals surface area (Å²) in [6.07, 6.45) is 4.27. The van der Waals surface area contributed by atoms with Gasteiger partial charge in [0.05, 0.1) is 10.5 Å². The van der Waals surface area contributed by atoms with Crippen molar-refractivity contribution < 1.29 is 14.8 Å². The third-order valence-electron chi connectivity index (χ3n) is 3.09. The standard InChI is InChI=1S/C14H20N2O4/c1-3-4-5-6-10(2)15-13-8-7-11(16(19)20)9-12(13)14(17)18/h7-10,15H,3-6H2,1-2H3,(H,17,18). The monoisotopic (exact) mass is 280 g/mol. The van der Waals surface area contributed by atoms with Crippen molar-refractivity contribution in [3.8, 4) is 0 Å². The average Bonchev–Trinajstić information content (AvgIpc) is 2.38. The number of nitrogens with one attached hydrogen (secondary N) is 1. The maximum atomic E-state index is 11.2. The number of unbranched alkanes of at least 4 members (excludes halogenated alkanes) is 2. The molecule has 2 N–H and O–H groups in total. The van der Waals surface area contributed by atoms with Gasteiger partial charge < -0.3 is 10.4 Å². The Morgan fingerprint density at radius 2 is 2.15 bits per heavy atom. The second-order valence-corrected chi connectivity index (χ2v) is 4.83. The molecule has 110 valence electrons. The molecule has 0 aliphatic carbocycles. The van der Waals surface area contributed by atoms with Gasteiger partial charge in [0.15, 0.2) is 0 Å². The summed E-state index contributed by atoms with van der Waals surface area (Å²) < 4.78 is 0. The highest BCUT2D eigenvalue weighted by atomic mass is 16.6. The largest absolute Gasteiger partial charge is 0.478 e. The molecular formula is C14H20N2O4. The van der Waals surface area contributed by atoms with Crippen LogP contribution in [0.2, 0.25) is 0 Å². The molecule has 0 aromatic heterocycles. The number of hydrogen-bond donors (Lipinski definition) is 2. The minimum absolute atomic E-state index is 0.0680. The number of carboxylic acids is 1. The molecule has 0 radical (unpaired) electrons. The van der Waals surface area contributed by atoms with Crippen LogP contribution < -0.4 is 5.32 Å². The second kappa shape index (κ2) is 7.47. The zero-order chi connectivity index (χ0) is 15.1. The summed E-state index contributed by atoms with van der Waals surface area (Å²) in [5.74, 6) is -1.17. The third-order valence-corrected chi connectivity index (χ3v) is 3.09. The van der Waals surface area contributed by atoms with Gasteiger partial charge >= 0.3 is 5.97 Å². The predicted octanol–water partition coefficient (Wildman–Crippen LogP) is 3.67. The molecule has 0 spiro atoms. The van der Waals surface area contributed by atoms with Crippen LogP contribution in [0.4, 0.5) is 11.4 Å². The molecule has 1 rings (SSSR count). The smallest absolute Gasteiger partial charge is 0.338 e. The van der Waals surface area contributed by atoms with Crippen LogP contribution in [0.15, 0.2) is 18.2 Å². The van der Waals surface area contributed by atoms with Crippen LogP contribution in [0.1, 0.15) is 49.9 Å². The first kappa shape index (κ1) is 15.9. The van der Waals surface area contributed by atoms with E-state index < -0.39 is 10.9 Å². The lowest BCUT2D eigenvalue weighted by Gasteiger charge is -2.16. The molecule has 1 unspecified atom stereocenters. The lowest BCUT2D eigenvalue weighted by Crippen LogP contribution is -2.17. The molecule has 0 aliphatic rings. The lowest BCUT2D eigenvalue weighted by atomic mass is 10.1. The number of benzene rings is 1. The van der Waals surface area contributed by atoms with E-state index in [1.165, 1.54) is 12.1 Å². The number of hydrogen-bond acceptors (Lipinski definition) is 4. The van der Waals surface area contributed by atoms with Gasteiger partial charge in [-0.2, -0.15) is 0 Å². The number of carboxylic acid groups (broad SMARTS) is 1. The molecule has 0 bridgehead atoms. The van der Waals surface area contributed by atoms with E-state index in [0.717, 1.165) is 31.7 Å². The Morgan fingerprint density at radius 3 is 2.70 bits per heavy atom. The number of nitrogens with zero attached hydrogens (tertiary/aromatic N) is 1. The van der Waals surface area contributed by atoms with Crippen molar-refractivity contribution >= 4 is 17.3 Å². The number of anilines is 1. The van der Waals surface area contributed by atoms with Crippen LogP contribution in [-0.2, 0) is 0 Å². The molecule has 1 atom stereocenters. The molecular weight excluding hydrogens is 260 g/mol. The van der Waals surface area contributed by atoms with E-state index in [-0.39, 0.29) is 17.3 Å². The van der Waals surface area contributed by atoms with Crippen LogP contribution >= 0.6 is 0 Å². The van der Waals surface area contributed by atoms with Crippen molar-refractivity contribution in [1.82, 2.24) is 0 Å². The molecule has 0 amide bonds. The highest BCUT2D eigenvalue weighted by Crippen LogP contribution is 2.23. The highest BCUT2D eigenvalue weighted by Gasteiger charge is 2.17. The molecule has 0 heterocycles. The molecule has 1 aromatic carbocycles. The first-order chi connectivity index (χ1) is 9.45. The molecule has 0 fully saturated rings. The Hall–Kier alpha value is -2.11. The van der Waals surface area contributed by atoms with Gasteiger partial charge in [-0.25, -0.2) is 4.79 Å². The number of nitro groups is 1. The average molecular weight is 280 g/mol. The zero-order valence-corrected chi connectivity index (χ0v) is 11.8. The summed E-state index contributed by atoms with van der Waals surface area (Å²) in [4.78, 5) is 21.3. The molecule has 0 aliphatic heterocycles. The molecule has 0 saturated carbocycles. The Bertz CT molecular complexity index is 488. The van der Waals surface area contributed by atoms with Gasteiger partial charge in [0, 0.05) is 23.9 Å². The second-order valence-electron chi connectivity index (χ2n) is 4.83. The highest BCUT2D eigenvalue weighted by molar-refractivity contribution is 5.95. The van der Waals surface area contributed by atoms with Crippen molar-refractivity contribution in [2.24, 2.45) is 0 Å². The fourth-order valence-electron chi connectivity index (χ4n) is 1.99. The number of aromatic carboxylic acids is 1. The van der Waals surface area contributed by atoms with Gasteiger partial charge in [0.25, 0.3) is 5.69 Å². The maximum Gasteiger partial charge on any atom is 0.338 e. The Kier molecular flexibility index (Phi) is 5.96. The Morgan fingerprint density at radius 1 is 1.45 bits per heavy atom. The van der Waals surface area contributed by atoms with Gasteiger partial charge in [-0.05, 0) is 19.4 Å². The minimum atomic E-state index is -1.17. The summed E-state index contributed by atoms with van der Waals surface area (Å²) in [5, 5.41) is 22.9. The maximum absolute atomic E-state index is 11.2. The predicted molar refractivity (Wildman–Crippen MR) is 77.3 cm³/mol. The fourth-order valence-corrected chi connectivity index (χ4v) is 1.99. The Balaban J connectivity index is 2.83. The molecule has 6 nitrogen and oxygen atoms in total. The SMILES string of the molecule is CCCCCC(C)Nc1ccc([N+](=O)[O-])cc1C(=O)O. The summed E-state index contributed by atoms with van der Waals surface area (Å²) in [6.45, 7) is 4.10. The van der Waals surface area contributed by atoms with Gasteiger partial charge in [-0.15, -0.1) is 0 Å². The Labute approximate surface area is 118 Å². The van der Waals surface area contributed by atoms with Crippen LogP contribution in [0.3, 0.4) is 0 Å². The number of carbonyl (C=O) groups is 1. The van der Waals surface area contributed by atoms with E-state index in [9.17, 15) is 14.9 Å². The van der Waals surface area contributed by atoms with Crippen molar-refractivity contribution in [2.75, 3.05) is 5.32 Å². The zero-order valence-electron chi connectivity index (χ0n) is 11.8. The van der Waals surface area contributed by atoms with Gasteiger partial charge in [0.1, 0.15) is 0 Å². The van der Waals surface area contributed by atoms with Crippen LogP contribution in [0.25, 0.3) is 0 Å². The molecule has 20 heavy (non-hydrogen) atoms. The van der Waals surface area contributed by atoms with E-state index in [2.05, 4.69) is 12.2 Å². The molecule has 0 saturated heterocycles. The van der Waals surface area contributed by atoms with Crippen LogP contribution in [-0.4, -0.2) is 22.0 Å². The summed E-state index contributed by atoms with van der Waals surface area (Å²) in [6, 6.07) is 3.98. The van der Waals surface area contributed by atoms with Gasteiger partial charge in [-0.1, -0.05) is 26.2 Å². The fraction of sp³-hybridized carbons (Fsp3) is 0.500. The van der Waals surface area contributed by atoms with Crippen molar-refractivity contribution in [3.05, 3.63) is 33.9 Å².